The second kappa shape index (κ2) is 11.5. The summed E-state index contributed by atoms with van der Waals surface area (Å²) in [4.78, 5) is 30.9. The highest BCUT2D eigenvalue weighted by Gasteiger charge is 2.34. The van der Waals surface area contributed by atoms with Crippen molar-refractivity contribution in [1.29, 1.82) is 0 Å². The maximum atomic E-state index is 13.9. The average Bonchev–Trinajstić information content (AvgIpc) is 3.66. The van der Waals surface area contributed by atoms with Gasteiger partial charge in [0.25, 0.3) is 11.8 Å². The molecule has 0 aliphatic carbocycles. The molecule has 2 amide bonds. The van der Waals surface area contributed by atoms with Gasteiger partial charge in [-0.1, -0.05) is 53.5 Å². The van der Waals surface area contributed by atoms with Crippen molar-refractivity contribution in [2.24, 2.45) is 0 Å². The van der Waals surface area contributed by atoms with Crippen LogP contribution in [0.25, 0.3) is 5.69 Å². The second-order valence-electron chi connectivity index (χ2n) is 10.6. The smallest absolute Gasteiger partial charge is 0.257 e. The van der Waals surface area contributed by atoms with Crippen molar-refractivity contribution < 1.29 is 9.59 Å². The number of likely N-dealkylation sites (tertiary alicyclic amines) is 2. The van der Waals surface area contributed by atoms with Gasteiger partial charge in [0, 0.05) is 53.6 Å². The lowest BCUT2D eigenvalue weighted by Gasteiger charge is -2.33. The van der Waals surface area contributed by atoms with Crippen molar-refractivity contribution in [2.75, 3.05) is 26.2 Å². The minimum Gasteiger partial charge on any atom is -0.339 e. The van der Waals surface area contributed by atoms with E-state index in [1.165, 1.54) is 5.56 Å². The Balaban J connectivity index is 1.25. The van der Waals surface area contributed by atoms with Gasteiger partial charge in [-0.2, -0.15) is 5.10 Å². The zero-order valence-electron chi connectivity index (χ0n) is 22.0. The summed E-state index contributed by atoms with van der Waals surface area (Å²) in [6, 6.07) is 24.9. The molecule has 3 heterocycles. The molecule has 2 aliphatic heterocycles. The molecular weight excluding hydrogens is 543 g/mol. The largest absolute Gasteiger partial charge is 0.339 e. The van der Waals surface area contributed by atoms with Crippen LogP contribution in [0.4, 0.5) is 0 Å². The lowest BCUT2D eigenvalue weighted by molar-refractivity contribution is 0.0706. The van der Waals surface area contributed by atoms with E-state index in [4.69, 9.17) is 28.3 Å². The van der Waals surface area contributed by atoms with Crippen molar-refractivity contribution in [3.63, 3.8) is 0 Å². The van der Waals surface area contributed by atoms with Gasteiger partial charge >= 0.3 is 0 Å². The number of piperidine rings is 1. The highest BCUT2D eigenvalue weighted by atomic mass is 35.5. The summed E-state index contributed by atoms with van der Waals surface area (Å²) in [5.41, 5.74) is 4.32. The van der Waals surface area contributed by atoms with Gasteiger partial charge in [-0.25, -0.2) is 4.68 Å². The van der Waals surface area contributed by atoms with Crippen LogP contribution in [0.3, 0.4) is 0 Å². The minimum absolute atomic E-state index is 0.00152. The third-order valence-corrected chi connectivity index (χ3v) is 8.62. The van der Waals surface area contributed by atoms with Crippen molar-refractivity contribution in [2.45, 2.75) is 31.1 Å². The molecule has 0 saturated carbocycles. The Labute approximate surface area is 244 Å². The molecule has 0 radical (unpaired) electrons. The molecule has 0 spiro atoms. The maximum Gasteiger partial charge on any atom is 0.257 e. The van der Waals surface area contributed by atoms with Crippen LogP contribution in [0.1, 0.15) is 63.1 Å². The van der Waals surface area contributed by atoms with Crippen molar-refractivity contribution >= 4 is 35.0 Å². The van der Waals surface area contributed by atoms with Gasteiger partial charge in [0.15, 0.2) is 0 Å². The minimum atomic E-state index is 0.00152. The van der Waals surface area contributed by atoms with Gasteiger partial charge in [0.05, 0.1) is 23.1 Å². The molecule has 204 valence electrons. The molecule has 2 fully saturated rings. The third-order valence-electron chi connectivity index (χ3n) is 8.11. The number of rotatable bonds is 5. The molecule has 0 N–H and O–H groups in total. The summed E-state index contributed by atoms with van der Waals surface area (Å²) in [5, 5.41) is 5.96. The van der Waals surface area contributed by atoms with Crippen molar-refractivity contribution in [3.05, 3.63) is 117 Å². The van der Waals surface area contributed by atoms with E-state index in [-0.39, 0.29) is 17.7 Å². The molecule has 0 unspecified atom stereocenters. The van der Waals surface area contributed by atoms with E-state index in [9.17, 15) is 9.59 Å². The van der Waals surface area contributed by atoms with Crippen LogP contribution in [-0.4, -0.2) is 57.6 Å². The summed E-state index contributed by atoms with van der Waals surface area (Å²) in [5.74, 6) is 0.441. The summed E-state index contributed by atoms with van der Waals surface area (Å²) in [6.07, 6.45) is 4.14. The number of carbonyl (C=O) groups excluding carboxylic acids is 2. The first kappa shape index (κ1) is 26.6. The van der Waals surface area contributed by atoms with Crippen LogP contribution in [0, 0.1) is 0 Å². The molecule has 8 heteroatoms. The first-order valence-electron chi connectivity index (χ1n) is 13.7. The summed E-state index contributed by atoms with van der Waals surface area (Å²) >= 11 is 12.2. The van der Waals surface area contributed by atoms with Crippen LogP contribution in [-0.2, 0) is 0 Å². The van der Waals surface area contributed by atoms with Gasteiger partial charge < -0.3 is 9.80 Å². The first-order chi connectivity index (χ1) is 19.5. The predicted molar refractivity (Wildman–Crippen MR) is 158 cm³/mol. The second-order valence-corrected chi connectivity index (χ2v) is 11.4. The van der Waals surface area contributed by atoms with Gasteiger partial charge in [-0.05, 0) is 73.4 Å². The Bertz CT molecular complexity index is 1490. The number of aromatic nitrogens is 2. The molecule has 0 bridgehead atoms. The standard InChI is InChI=1S/C32H30Cl2N4O2/c33-26-8-6-24(7-9-26)31(39)36-17-14-23(15-18-36)30-29(20-35-38(30)28-12-10-27(34)11-13-28)32(40)37-19-16-25(21-37)22-4-2-1-3-5-22/h1-13,20,23,25H,14-19,21H2/t25-/m0/s1. The van der Waals surface area contributed by atoms with Crippen molar-refractivity contribution in [3.8, 4) is 5.69 Å². The molecular formula is C32H30Cl2N4O2. The summed E-state index contributed by atoms with van der Waals surface area (Å²) in [6.45, 7) is 2.62. The zero-order chi connectivity index (χ0) is 27.6. The van der Waals surface area contributed by atoms with Crippen molar-refractivity contribution in [1.82, 2.24) is 19.6 Å². The van der Waals surface area contributed by atoms with Crippen LogP contribution < -0.4 is 0 Å². The van der Waals surface area contributed by atoms with Crippen LogP contribution in [0.5, 0.6) is 0 Å². The Morgan fingerprint density at radius 1 is 0.700 bits per heavy atom. The fraction of sp³-hybridized carbons (Fsp3) is 0.281. The number of nitrogens with zero attached hydrogens (tertiary/aromatic N) is 4. The summed E-state index contributed by atoms with van der Waals surface area (Å²) in [7, 11) is 0. The summed E-state index contributed by atoms with van der Waals surface area (Å²) < 4.78 is 1.88. The Kier molecular flexibility index (Phi) is 7.63. The fourth-order valence-corrected chi connectivity index (χ4v) is 6.20. The predicted octanol–water partition coefficient (Wildman–Crippen LogP) is 6.83. The fourth-order valence-electron chi connectivity index (χ4n) is 5.95. The molecule has 6 nitrogen and oxygen atoms in total. The lowest BCUT2D eigenvalue weighted by Crippen LogP contribution is -2.38. The molecule has 4 aromatic rings. The lowest BCUT2D eigenvalue weighted by atomic mass is 9.90. The topological polar surface area (TPSA) is 58.4 Å². The highest BCUT2D eigenvalue weighted by molar-refractivity contribution is 6.30. The van der Waals surface area contributed by atoms with E-state index < -0.39 is 0 Å². The van der Waals surface area contributed by atoms with E-state index in [2.05, 4.69) is 24.3 Å². The SMILES string of the molecule is O=C(c1ccc(Cl)cc1)N1CCC(c2c(C(=O)N3CC[C@H](c4ccccc4)C3)cnn2-c2ccc(Cl)cc2)CC1. The Hall–Kier alpha value is -3.61. The van der Waals surface area contributed by atoms with E-state index in [1.54, 1.807) is 30.5 Å². The Morgan fingerprint density at radius 3 is 1.98 bits per heavy atom. The van der Waals surface area contributed by atoms with E-state index in [0.29, 0.717) is 46.7 Å². The number of hydrogen-bond donors (Lipinski definition) is 0. The van der Waals surface area contributed by atoms with Crippen LogP contribution >= 0.6 is 23.2 Å². The van der Waals surface area contributed by atoms with Crippen LogP contribution in [0.2, 0.25) is 10.0 Å². The van der Waals surface area contributed by atoms with E-state index in [1.807, 2.05) is 44.8 Å². The zero-order valence-corrected chi connectivity index (χ0v) is 23.6. The molecule has 2 aliphatic rings. The number of carbonyl (C=O) groups is 2. The van der Waals surface area contributed by atoms with Gasteiger partial charge in [-0.3, -0.25) is 9.59 Å². The molecule has 1 aromatic heterocycles. The molecule has 6 rings (SSSR count). The van der Waals surface area contributed by atoms with Gasteiger partial charge in [0.1, 0.15) is 0 Å². The molecule has 3 aromatic carbocycles. The van der Waals surface area contributed by atoms with E-state index >= 15 is 0 Å². The number of halogens is 2. The Morgan fingerprint density at radius 2 is 1.30 bits per heavy atom. The third kappa shape index (κ3) is 5.38. The normalized spacial score (nSPS) is 17.8. The van der Waals surface area contributed by atoms with Crippen LogP contribution in [0.15, 0.2) is 85.1 Å². The first-order valence-corrected chi connectivity index (χ1v) is 14.5. The maximum absolute atomic E-state index is 13.9. The highest BCUT2D eigenvalue weighted by Crippen LogP contribution is 2.35. The molecule has 2 saturated heterocycles. The molecule has 40 heavy (non-hydrogen) atoms. The molecule has 1 atom stereocenters. The quantitative estimate of drug-likeness (QED) is 0.263. The number of hydrogen-bond acceptors (Lipinski definition) is 3. The monoisotopic (exact) mass is 572 g/mol. The van der Waals surface area contributed by atoms with Gasteiger partial charge in [0.2, 0.25) is 0 Å². The number of amides is 2. The number of benzene rings is 3. The average molecular weight is 574 g/mol. The van der Waals surface area contributed by atoms with Gasteiger partial charge in [-0.15, -0.1) is 0 Å². The van der Waals surface area contributed by atoms with E-state index in [0.717, 1.165) is 37.2 Å².